The maximum Gasteiger partial charge on any atom is 0.164 e. The molecule has 1 fully saturated rings. The van der Waals surface area contributed by atoms with Gasteiger partial charge in [0.25, 0.3) is 0 Å². The molecule has 0 aliphatic carbocycles. The molecule has 2 heterocycles. The summed E-state index contributed by atoms with van der Waals surface area (Å²) in [6.07, 6.45) is 3.10. The number of rotatable bonds is 6. The lowest BCUT2D eigenvalue weighted by molar-refractivity contribution is -0.133. The van der Waals surface area contributed by atoms with E-state index in [2.05, 4.69) is 15.0 Å². The fourth-order valence-electron chi connectivity index (χ4n) is 3.49. The molecule has 27 heavy (non-hydrogen) atoms. The Kier molecular flexibility index (Phi) is 5.92. The first-order valence-corrected chi connectivity index (χ1v) is 9.26. The third-order valence-corrected chi connectivity index (χ3v) is 4.90. The summed E-state index contributed by atoms with van der Waals surface area (Å²) in [7, 11) is 1.65. The molecule has 146 valence electrons. The van der Waals surface area contributed by atoms with E-state index in [0.29, 0.717) is 13.2 Å². The Morgan fingerprint density at radius 1 is 1.26 bits per heavy atom. The van der Waals surface area contributed by atoms with Gasteiger partial charge in [-0.2, -0.15) is 5.10 Å². The summed E-state index contributed by atoms with van der Waals surface area (Å²) < 4.78 is 12.7. The van der Waals surface area contributed by atoms with Crippen molar-refractivity contribution >= 4 is 5.78 Å². The van der Waals surface area contributed by atoms with Crippen molar-refractivity contribution in [1.29, 1.82) is 0 Å². The van der Waals surface area contributed by atoms with E-state index in [1.807, 2.05) is 45.0 Å². The largest absolute Gasteiger partial charge is 0.497 e. The molecular formula is C20H28N4O3. The van der Waals surface area contributed by atoms with Gasteiger partial charge in [-0.3, -0.25) is 9.69 Å². The lowest BCUT2D eigenvalue weighted by Crippen LogP contribution is -2.46. The zero-order valence-electron chi connectivity index (χ0n) is 16.5. The fourth-order valence-corrected chi connectivity index (χ4v) is 3.49. The van der Waals surface area contributed by atoms with Crippen molar-refractivity contribution in [1.82, 2.24) is 19.7 Å². The van der Waals surface area contributed by atoms with E-state index in [1.165, 1.54) is 6.33 Å². The summed E-state index contributed by atoms with van der Waals surface area (Å²) in [6.45, 7) is 8.64. The second kappa shape index (κ2) is 8.19. The van der Waals surface area contributed by atoms with Gasteiger partial charge >= 0.3 is 0 Å². The SMILES string of the molecule is COc1cccc(C(C(C(=O)C(C)(C)C)n2cncn2)N2CCOCC2)c1. The van der Waals surface area contributed by atoms with Crippen molar-refractivity contribution in [2.24, 2.45) is 5.41 Å². The lowest BCUT2D eigenvalue weighted by Gasteiger charge is -2.40. The molecule has 0 radical (unpaired) electrons. The number of carbonyl (C=O) groups is 1. The van der Waals surface area contributed by atoms with Crippen molar-refractivity contribution in [3.05, 3.63) is 42.5 Å². The zero-order valence-corrected chi connectivity index (χ0v) is 16.5. The molecule has 0 saturated carbocycles. The van der Waals surface area contributed by atoms with Gasteiger partial charge in [-0.1, -0.05) is 32.9 Å². The molecule has 0 bridgehead atoms. The number of morpholine rings is 1. The predicted molar refractivity (Wildman–Crippen MR) is 102 cm³/mol. The Labute approximate surface area is 160 Å². The molecule has 1 aromatic heterocycles. The molecule has 1 aliphatic rings. The number of benzene rings is 1. The minimum atomic E-state index is -0.514. The van der Waals surface area contributed by atoms with Crippen molar-refractivity contribution in [3.8, 4) is 5.75 Å². The van der Waals surface area contributed by atoms with E-state index in [4.69, 9.17) is 9.47 Å². The smallest absolute Gasteiger partial charge is 0.164 e. The quantitative estimate of drug-likeness (QED) is 0.776. The number of Topliss-reactive ketones (excluding diaryl/α,β-unsaturated/α-hetero) is 1. The molecule has 2 unspecified atom stereocenters. The maximum atomic E-state index is 13.5. The van der Waals surface area contributed by atoms with E-state index in [-0.39, 0.29) is 11.8 Å². The van der Waals surface area contributed by atoms with Crippen LogP contribution in [0.2, 0.25) is 0 Å². The molecule has 7 nitrogen and oxygen atoms in total. The van der Waals surface area contributed by atoms with Gasteiger partial charge in [-0.25, -0.2) is 9.67 Å². The average molecular weight is 372 g/mol. The van der Waals surface area contributed by atoms with Crippen LogP contribution in [0.3, 0.4) is 0 Å². The molecule has 1 aliphatic heterocycles. The van der Waals surface area contributed by atoms with E-state index in [9.17, 15) is 4.79 Å². The van der Waals surface area contributed by atoms with Crippen LogP contribution < -0.4 is 4.74 Å². The zero-order chi connectivity index (χ0) is 19.4. The predicted octanol–water partition coefficient (Wildman–Crippen LogP) is 2.52. The molecule has 2 aromatic rings. The van der Waals surface area contributed by atoms with Crippen LogP contribution in [0.5, 0.6) is 5.75 Å². The number of ketones is 1. The number of carbonyl (C=O) groups excluding carboxylic acids is 1. The lowest BCUT2D eigenvalue weighted by atomic mass is 9.81. The Bertz CT molecular complexity index is 749. The highest BCUT2D eigenvalue weighted by Gasteiger charge is 2.41. The highest BCUT2D eigenvalue weighted by molar-refractivity contribution is 5.88. The summed E-state index contributed by atoms with van der Waals surface area (Å²) in [5.74, 6) is 0.888. The van der Waals surface area contributed by atoms with Gasteiger partial charge in [0.2, 0.25) is 0 Å². The van der Waals surface area contributed by atoms with E-state index in [1.54, 1.807) is 18.1 Å². The molecule has 7 heteroatoms. The molecule has 0 spiro atoms. The first-order chi connectivity index (χ1) is 12.9. The van der Waals surface area contributed by atoms with Crippen molar-refractivity contribution < 1.29 is 14.3 Å². The summed E-state index contributed by atoms with van der Waals surface area (Å²) >= 11 is 0. The van der Waals surface area contributed by atoms with Crippen molar-refractivity contribution in [3.63, 3.8) is 0 Å². The van der Waals surface area contributed by atoms with Crippen LogP contribution in [0.25, 0.3) is 0 Å². The number of aromatic nitrogens is 3. The molecule has 0 N–H and O–H groups in total. The standard InChI is InChI=1S/C20H28N4O3/c1-20(2,3)19(25)18(24-14-21-13-22-24)17(23-8-10-27-11-9-23)15-6-5-7-16(12-15)26-4/h5-7,12-14,17-18H,8-11H2,1-4H3. The first kappa shape index (κ1) is 19.5. The minimum Gasteiger partial charge on any atom is -0.497 e. The Morgan fingerprint density at radius 3 is 2.59 bits per heavy atom. The van der Waals surface area contributed by atoms with Crippen LogP contribution in [0, 0.1) is 5.41 Å². The van der Waals surface area contributed by atoms with E-state index in [0.717, 1.165) is 24.4 Å². The number of hydrogen-bond donors (Lipinski definition) is 0. The topological polar surface area (TPSA) is 69.5 Å². The van der Waals surface area contributed by atoms with E-state index >= 15 is 0 Å². The van der Waals surface area contributed by atoms with Gasteiger partial charge in [0.1, 0.15) is 24.4 Å². The van der Waals surface area contributed by atoms with E-state index < -0.39 is 11.5 Å². The van der Waals surface area contributed by atoms with Gasteiger partial charge in [-0.15, -0.1) is 0 Å². The molecular weight excluding hydrogens is 344 g/mol. The molecule has 1 saturated heterocycles. The van der Waals surface area contributed by atoms with Gasteiger partial charge < -0.3 is 9.47 Å². The molecule has 2 atom stereocenters. The molecule has 3 rings (SSSR count). The van der Waals surface area contributed by atoms with Crippen LogP contribution in [-0.4, -0.2) is 58.9 Å². The second-order valence-electron chi connectivity index (χ2n) is 7.80. The first-order valence-electron chi connectivity index (χ1n) is 9.26. The van der Waals surface area contributed by atoms with Crippen LogP contribution in [-0.2, 0) is 9.53 Å². The van der Waals surface area contributed by atoms with Gasteiger partial charge in [0, 0.05) is 18.5 Å². The highest BCUT2D eigenvalue weighted by atomic mass is 16.5. The molecule has 0 amide bonds. The Morgan fingerprint density at radius 2 is 2.00 bits per heavy atom. The third-order valence-electron chi connectivity index (χ3n) is 4.90. The minimum absolute atomic E-state index is 0.118. The fraction of sp³-hybridized carbons (Fsp3) is 0.550. The van der Waals surface area contributed by atoms with Crippen LogP contribution in [0.15, 0.2) is 36.9 Å². The normalized spacial score (nSPS) is 18.1. The Balaban J connectivity index is 2.11. The molecule has 1 aromatic carbocycles. The second-order valence-corrected chi connectivity index (χ2v) is 7.80. The van der Waals surface area contributed by atoms with Crippen LogP contribution in [0.4, 0.5) is 0 Å². The average Bonchev–Trinajstić information content (AvgIpc) is 3.19. The maximum absolute atomic E-state index is 13.5. The number of nitrogens with zero attached hydrogens (tertiary/aromatic N) is 4. The summed E-state index contributed by atoms with van der Waals surface area (Å²) in [5.41, 5.74) is 0.509. The Hall–Kier alpha value is -2.25. The highest BCUT2D eigenvalue weighted by Crippen LogP contribution is 2.38. The summed E-state index contributed by atoms with van der Waals surface area (Å²) in [4.78, 5) is 19.9. The van der Waals surface area contributed by atoms with Crippen LogP contribution >= 0.6 is 0 Å². The van der Waals surface area contributed by atoms with Crippen molar-refractivity contribution in [2.45, 2.75) is 32.9 Å². The summed E-state index contributed by atoms with van der Waals surface area (Å²) in [6, 6.07) is 7.25. The van der Waals surface area contributed by atoms with Gasteiger partial charge in [-0.05, 0) is 17.7 Å². The monoisotopic (exact) mass is 372 g/mol. The summed E-state index contributed by atoms with van der Waals surface area (Å²) in [5, 5.41) is 4.33. The van der Waals surface area contributed by atoms with Crippen LogP contribution in [0.1, 0.15) is 38.4 Å². The third kappa shape index (κ3) is 4.36. The number of ether oxygens (including phenoxy) is 2. The van der Waals surface area contributed by atoms with Gasteiger partial charge in [0.05, 0.1) is 26.4 Å². The number of hydrogen-bond acceptors (Lipinski definition) is 6. The van der Waals surface area contributed by atoms with Gasteiger partial charge in [0.15, 0.2) is 5.78 Å². The van der Waals surface area contributed by atoms with Crippen molar-refractivity contribution in [2.75, 3.05) is 33.4 Å². The number of methoxy groups -OCH3 is 1.